The van der Waals surface area contributed by atoms with E-state index in [4.69, 9.17) is 14.2 Å². The number of hydrogen-bond acceptors (Lipinski definition) is 6. The third-order valence-electron chi connectivity index (χ3n) is 11.2. The van der Waals surface area contributed by atoms with E-state index in [9.17, 15) is 14.4 Å². The highest BCUT2D eigenvalue weighted by Crippen LogP contribution is 2.15. The summed E-state index contributed by atoms with van der Waals surface area (Å²) in [6, 6.07) is 0. The fraction of sp³-hybridized carbons (Fsp3) is 0.707. The summed E-state index contributed by atoms with van der Waals surface area (Å²) >= 11 is 0. The first-order chi connectivity index (χ1) is 31.5. The first-order valence-corrected chi connectivity index (χ1v) is 26.6. The number of ether oxygens (including phenoxy) is 3. The van der Waals surface area contributed by atoms with E-state index in [-0.39, 0.29) is 31.1 Å². The van der Waals surface area contributed by atoms with E-state index < -0.39 is 6.10 Å². The van der Waals surface area contributed by atoms with E-state index in [1.54, 1.807) is 0 Å². The molecule has 64 heavy (non-hydrogen) atoms. The van der Waals surface area contributed by atoms with E-state index in [0.717, 1.165) is 109 Å². The van der Waals surface area contributed by atoms with E-state index >= 15 is 0 Å². The number of hydrogen-bond donors (Lipinski definition) is 0. The summed E-state index contributed by atoms with van der Waals surface area (Å²) in [7, 11) is 0. The van der Waals surface area contributed by atoms with Gasteiger partial charge in [0.25, 0.3) is 0 Å². The predicted octanol–water partition coefficient (Wildman–Crippen LogP) is 17.6. The SMILES string of the molecule is CC/C=C\C/C=C\C/C=C\C/C=C\C/C=C\C/C=C\C/C=C\CCCCCC(=O)OCC(COC(=O)CCCCCCCC)OC(=O)CCCCCCCCCCCCCCCCC. The third-order valence-corrected chi connectivity index (χ3v) is 11.2. The first kappa shape index (κ1) is 60.6. The Kier molecular flexibility index (Phi) is 49.4. The zero-order valence-corrected chi connectivity index (χ0v) is 41.8. The zero-order chi connectivity index (χ0) is 46.5. The van der Waals surface area contributed by atoms with Crippen LogP contribution in [-0.4, -0.2) is 37.2 Å². The molecule has 6 heteroatoms. The van der Waals surface area contributed by atoms with Crippen LogP contribution in [0.25, 0.3) is 0 Å². The van der Waals surface area contributed by atoms with Gasteiger partial charge in [0.15, 0.2) is 6.10 Å². The lowest BCUT2D eigenvalue weighted by Crippen LogP contribution is -2.30. The van der Waals surface area contributed by atoms with Crippen LogP contribution in [0.2, 0.25) is 0 Å². The molecule has 6 nitrogen and oxygen atoms in total. The summed E-state index contributed by atoms with van der Waals surface area (Å²) in [6.45, 7) is 6.44. The van der Waals surface area contributed by atoms with Gasteiger partial charge in [-0.25, -0.2) is 0 Å². The van der Waals surface area contributed by atoms with Crippen molar-refractivity contribution in [2.45, 2.75) is 252 Å². The van der Waals surface area contributed by atoms with Crippen molar-refractivity contribution in [3.8, 4) is 0 Å². The van der Waals surface area contributed by atoms with Crippen molar-refractivity contribution in [1.82, 2.24) is 0 Å². The van der Waals surface area contributed by atoms with Gasteiger partial charge in [0.05, 0.1) is 0 Å². The van der Waals surface area contributed by atoms with Gasteiger partial charge in [0.1, 0.15) is 13.2 Å². The molecule has 0 aliphatic carbocycles. The third kappa shape index (κ3) is 49.6. The summed E-state index contributed by atoms with van der Waals surface area (Å²) in [5.74, 6) is -0.927. The van der Waals surface area contributed by atoms with Crippen LogP contribution in [0.3, 0.4) is 0 Å². The van der Waals surface area contributed by atoms with Crippen molar-refractivity contribution >= 4 is 17.9 Å². The summed E-state index contributed by atoms with van der Waals surface area (Å²) < 4.78 is 16.7. The number of carbonyl (C=O) groups is 3. The molecule has 0 saturated heterocycles. The van der Waals surface area contributed by atoms with Gasteiger partial charge in [-0.3, -0.25) is 14.4 Å². The molecule has 0 amide bonds. The first-order valence-electron chi connectivity index (χ1n) is 26.6. The molecular weight excluding hydrogens is 793 g/mol. The van der Waals surface area contributed by atoms with Crippen LogP contribution < -0.4 is 0 Å². The summed E-state index contributed by atoms with van der Waals surface area (Å²) in [5.41, 5.74) is 0. The number of unbranched alkanes of at least 4 members (excludes halogenated alkanes) is 22. The van der Waals surface area contributed by atoms with E-state index in [2.05, 4.69) is 106 Å². The quantitative estimate of drug-likeness (QED) is 0.0262. The van der Waals surface area contributed by atoms with Crippen LogP contribution in [0.15, 0.2) is 85.1 Å². The second-order valence-electron chi connectivity index (χ2n) is 17.4. The Morgan fingerprint density at radius 2 is 0.609 bits per heavy atom. The second-order valence-corrected chi connectivity index (χ2v) is 17.4. The molecule has 0 N–H and O–H groups in total. The lowest BCUT2D eigenvalue weighted by Gasteiger charge is -2.18. The standard InChI is InChI=1S/C58H98O6/c1-4-7-10-13-16-18-20-22-24-25-26-27-28-29-30-31-32-33-35-36-38-40-42-45-48-51-57(60)63-54-55(53-62-56(59)50-47-44-15-12-9-6-3)64-58(61)52-49-46-43-41-39-37-34-23-21-19-17-14-11-8-5-2/h7,10,16,18,22,24,26-27,29-30,32-33,36,38,55H,4-6,8-9,11-15,17,19-21,23,25,28,31,34-35,37,39-54H2,1-3H3/b10-7-,18-16-,24-22-,27-26-,30-29-,33-32-,38-36-. The van der Waals surface area contributed by atoms with Crippen LogP contribution in [-0.2, 0) is 28.6 Å². The molecule has 0 aromatic carbocycles. The van der Waals surface area contributed by atoms with Gasteiger partial charge in [-0.05, 0) is 77.0 Å². The number of carbonyl (C=O) groups excluding carboxylic acids is 3. The number of esters is 3. The predicted molar refractivity (Wildman–Crippen MR) is 274 cm³/mol. The maximum atomic E-state index is 12.7. The van der Waals surface area contributed by atoms with Crippen LogP contribution >= 0.6 is 0 Å². The van der Waals surface area contributed by atoms with Gasteiger partial charge in [0.2, 0.25) is 0 Å². The zero-order valence-electron chi connectivity index (χ0n) is 41.8. The van der Waals surface area contributed by atoms with Crippen molar-refractivity contribution in [2.75, 3.05) is 13.2 Å². The van der Waals surface area contributed by atoms with Gasteiger partial charge < -0.3 is 14.2 Å². The smallest absolute Gasteiger partial charge is 0.306 e. The van der Waals surface area contributed by atoms with Crippen LogP contribution in [0, 0.1) is 0 Å². The van der Waals surface area contributed by atoms with Crippen LogP contribution in [0.4, 0.5) is 0 Å². The van der Waals surface area contributed by atoms with Crippen molar-refractivity contribution in [3.05, 3.63) is 85.1 Å². The molecule has 0 spiro atoms. The van der Waals surface area contributed by atoms with Crippen LogP contribution in [0.1, 0.15) is 245 Å². The van der Waals surface area contributed by atoms with Crippen molar-refractivity contribution < 1.29 is 28.6 Å². The second kappa shape index (κ2) is 52.2. The highest BCUT2D eigenvalue weighted by molar-refractivity contribution is 5.71. The molecule has 1 atom stereocenters. The van der Waals surface area contributed by atoms with Crippen molar-refractivity contribution in [3.63, 3.8) is 0 Å². The van der Waals surface area contributed by atoms with E-state index in [1.165, 1.54) is 96.3 Å². The molecule has 366 valence electrons. The van der Waals surface area contributed by atoms with Crippen LogP contribution in [0.5, 0.6) is 0 Å². The average molecular weight is 891 g/mol. The molecule has 0 aliphatic rings. The lowest BCUT2D eigenvalue weighted by atomic mass is 10.0. The molecule has 0 aromatic rings. The molecule has 1 unspecified atom stereocenters. The minimum absolute atomic E-state index is 0.0859. The minimum atomic E-state index is -0.785. The molecule has 0 rings (SSSR count). The largest absolute Gasteiger partial charge is 0.462 e. The Balaban J connectivity index is 4.25. The maximum Gasteiger partial charge on any atom is 0.306 e. The van der Waals surface area contributed by atoms with Gasteiger partial charge in [0, 0.05) is 19.3 Å². The van der Waals surface area contributed by atoms with E-state index in [1.807, 2.05) is 0 Å². The minimum Gasteiger partial charge on any atom is -0.462 e. The highest BCUT2D eigenvalue weighted by Gasteiger charge is 2.19. The topological polar surface area (TPSA) is 78.9 Å². The number of allylic oxidation sites excluding steroid dienone is 14. The molecule has 0 bridgehead atoms. The Morgan fingerprint density at radius 1 is 0.328 bits per heavy atom. The Labute approximate surface area is 395 Å². The fourth-order valence-electron chi connectivity index (χ4n) is 7.19. The normalized spacial score (nSPS) is 12.7. The average Bonchev–Trinajstić information content (AvgIpc) is 3.29. The molecular formula is C58H98O6. The monoisotopic (exact) mass is 891 g/mol. The Bertz CT molecular complexity index is 1250. The fourth-order valence-corrected chi connectivity index (χ4v) is 7.19. The number of rotatable bonds is 47. The molecule has 0 radical (unpaired) electrons. The highest BCUT2D eigenvalue weighted by atomic mass is 16.6. The van der Waals surface area contributed by atoms with Gasteiger partial charge in [-0.1, -0.05) is 234 Å². The molecule has 0 fully saturated rings. The summed E-state index contributed by atoms with van der Waals surface area (Å²) in [5, 5.41) is 0. The Hall–Kier alpha value is -3.41. The molecule has 0 heterocycles. The summed E-state index contributed by atoms with van der Waals surface area (Å²) in [4.78, 5) is 37.8. The Morgan fingerprint density at radius 3 is 0.953 bits per heavy atom. The van der Waals surface area contributed by atoms with E-state index in [0.29, 0.717) is 19.3 Å². The lowest BCUT2D eigenvalue weighted by molar-refractivity contribution is -0.167. The molecule has 0 aromatic heterocycles. The van der Waals surface area contributed by atoms with Gasteiger partial charge >= 0.3 is 17.9 Å². The summed E-state index contributed by atoms with van der Waals surface area (Å²) in [6.07, 6.45) is 67.4. The molecule has 0 aliphatic heterocycles. The van der Waals surface area contributed by atoms with Crippen molar-refractivity contribution in [2.24, 2.45) is 0 Å². The maximum absolute atomic E-state index is 12.7. The van der Waals surface area contributed by atoms with Gasteiger partial charge in [-0.2, -0.15) is 0 Å². The van der Waals surface area contributed by atoms with Gasteiger partial charge in [-0.15, -0.1) is 0 Å². The molecule has 0 saturated carbocycles. The van der Waals surface area contributed by atoms with Crippen molar-refractivity contribution in [1.29, 1.82) is 0 Å².